The van der Waals surface area contributed by atoms with Crippen LogP contribution in [0, 0.1) is 35.5 Å². The zero-order valence-corrected chi connectivity index (χ0v) is 16.8. The molecule has 2 bridgehead atoms. The maximum absolute atomic E-state index is 13.3. The van der Waals surface area contributed by atoms with E-state index in [4.69, 9.17) is 11.6 Å². The lowest BCUT2D eigenvalue weighted by Crippen LogP contribution is -2.40. The van der Waals surface area contributed by atoms with Crippen molar-refractivity contribution in [2.75, 3.05) is 10.2 Å². The number of benzene rings is 2. The summed E-state index contributed by atoms with van der Waals surface area (Å²) in [6, 6.07) is 13.6. The summed E-state index contributed by atoms with van der Waals surface area (Å²) in [5, 5.41) is 3.33. The van der Waals surface area contributed by atoms with Crippen LogP contribution in [0.15, 0.2) is 60.7 Å². The van der Waals surface area contributed by atoms with Crippen molar-refractivity contribution in [3.8, 4) is 0 Å². The van der Waals surface area contributed by atoms with Crippen LogP contribution in [0.5, 0.6) is 0 Å². The van der Waals surface area contributed by atoms with Gasteiger partial charge in [0, 0.05) is 16.3 Å². The molecule has 0 unspecified atom stereocenters. The summed E-state index contributed by atoms with van der Waals surface area (Å²) in [5.74, 6) is 0.422. The molecule has 5 aliphatic rings. The molecule has 30 heavy (non-hydrogen) atoms. The van der Waals surface area contributed by atoms with Crippen molar-refractivity contribution in [3.63, 3.8) is 0 Å². The van der Waals surface area contributed by atoms with Crippen LogP contribution in [0.2, 0.25) is 5.02 Å². The van der Waals surface area contributed by atoms with Gasteiger partial charge < -0.3 is 5.32 Å². The Morgan fingerprint density at radius 2 is 1.60 bits per heavy atom. The maximum atomic E-state index is 13.3. The number of imide groups is 1. The van der Waals surface area contributed by atoms with Gasteiger partial charge in [-0.05, 0) is 66.5 Å². The van der Waals surface area contributed by atoms with Crippen molar-refractivity contribution in [3.05, 3.63) is 71.3 Å². The monoisotopic (exact) mass is 418 g/mol. The van der Waals surface area contributed by atoms with E-state index in [9.17, 15) is 14.4 Å². The molecule has 2 aromatic rings. The molecule has 6 heteroatoms. The molecule has 4 aliphatic carbocycles. The molecule has 5 nitrogen and oxygen atoms in total. The Kier molecular flexibility index (Phi) is 3.75. The molecule has 3 fully saturated rings. The molecule has 0 radical (unpaired) electrons. The van der Waals surface area contributed by atoms with Crippen LogP contribution in [0.1, 0.15) is 16.8 Å². The third-order valence-corrected chi connectivity index (χ3v) is 7.35. The van der Waals surface area contributed by atoms with Gasteiger partial charge in [-0.15, -0.1) is 0 Å². The summed E-state index contributed by atoms with van der Waals surface area (Å²) in [7, 11) is 0. The number of hydrogen-bond donors (Lipinski definition) is 1. The molecule has 1 saturated heterocycles. The summed E-state index contributed by atoms with van der Waals surface area (Å²) < 4.78 is 0. The van der Waals surface area contributed by atoms with E-state index < -0.39 is 0 Å². The Bertz CT molecular complexity index is 1110. The van der Waals surface area contributed by atoms with Gasteiger partial charge in [0.15, 0.2) is 0 Å². The van der Waals surface area contributed by atoms with Crippen LogP contribution in [0.4, 0.5) is 11.4 Å². The van der Waals surface area contributed by atoms with Crippen molar-refractivity contribution in [2.45, 2.75) is 6.42 Å². The van der Waals surface area contributed by atoms with Crippen LogP contribution in [-0.4, -0.2) is 17.7 Å². The van der Waals surface area contributed by atoms with E-state index in [-0.39, 0.29) is 41.4 Å². The van der Waals surface area contributed by atoms with Gasteiger partial charge in [-0.2, -0.15) is 0 Å². The number of hydrogen-bond acceptors (Lipinski definition) is 3. The van der Waals surface area contributed by atoms with Gasteiger partial charge in [-0.25, -0.2) is 4.90 Å². The second-order valence-corrected chi connectivity index (χ2v) is 9.12. The third kappa shape index (κ3) is 2.51. The first kappa shape index (κ1) is 17.9. The molecule has 3 amide bonds. The van der Waals surface area contributed by atoms with E-state index in [2.05, 4.69) is 17.5 Å². The number of nitrogens with zero attached hydrogens (tertiary/aromatic N) is 1. The van der Waals surface area contributed by atoms with E-state index in [1.807, 2.05) is 0 Å². The quantitative estimate of drug-likeness (QED) is 0.601. The summed E-state index contributed by atoms with van der Waals surface area (Å²) in [4.78, 5) is 40.6. The van der Waals surface area contributed by atoms with E-state index in [1.165, 1.54) is 4.90 Å². The smallest absolute Gasteiger partial charge is 0.255 e. The Hall–Kier alpha value is -2.92. The van der Waals surface area contributed by atoms with Crippen LogP contribution in [0.25, 0.3) is 0 Å². The lowest BCUT2D eigenvalue weighted by molar-refractivity contribution is -0.124. The molecule has 6 atom stereocenters. The minimum absolute atomic E-state index is 0.123. The van der Waals surface area contributed by atoms with Gasteiger partial charge in [0.2, 0.25) is 11.8 Å². The Labute approximate surface area is 178 Å². The molecular formula is C24H19ClN2O3. The Balaban J connectivity index is 1.29. The number of rotatable bonds is 3. The number of amides is 3. The second kappa shape index (κ2) is 6.29. The highest BCUT2D eigenvalue weighted by Crippen LogP contribution is 2.65. The normalized spacial score (nSPS) is 32.8. The maximum Gasteiger partial charge on any atom is 0.255 e. The summed E-state index contributed by atoms with van der Waals surface area (Å²) in [5.41, 5.74) is 1.43. The number of allylic oxidation sites excluding steroid dienone is 2. The van der Waals surface area contributed by atoms with E-state index in [1.54, 1.807) is 48.5 Å². The largest absolute Gasteiger partial charge is 0.322 e. The van der Waals surface area contributed by atoms with E-state index >= 15 is 0 Å². The van der Waals surface area contributed by atoms with Gasteiger partial charge in [0.1, 0.15) is 0 Å². The average Bonchev–Trinajstić information content (AvgIpc) is 3.52. The second-order valence-electron chi connectivity index (χ2n) is 8.68. The minimum atomic E-state index is -0.321. The van der Waals surface area contributed by atoms with Gasteiger partial charge in [-0.1, -0.05) is 35.9 Å². The molecule has 150 valence electrons. The topological polar surface area (TPSA) is 66.5 Å². The first-order valence-corrected chi connectivity index (χ1v) is 10.6. The minimum Gasteiger partial charge on any atom is -0.322 e. The van der Waals surface area contributed by atoms with Crippen molar-refractivity contribution < 1.29 is 14.4 Å². The highest BCUT2D eigenvalue weighted by atomic mass is 35.5. The first-order valence-electron chi connectivity index (χ1n) is 10.3. The number of carbonyl (C=O) groups excluding carboxylic acids is 3. The molecular weight excluding hydrogens is 400 g/mol. The summed E-state index contributed by atoms with van der Waals surface area (Å²) in [6.07, 6.45) is 5.45. The third-order valence-electron chi connectivity index (χ3n) is 7.11. The molecule has 0 spiro atoms. The summed E-state index contributed by atoms with van der Waals surface area (Å²) in [6.45, 7) is 0. The van der Waals surface area contributed by atoms with Crippen molar-refractivity contribution >= 4 is 40.7 Å². The fraction of sp³-hybridized carbons (Fsp3) is 0.292. The average molecular weight is 419 g/mol. The van der Waals surface area contributed by atoms with Gasteiger partial charge >= 0.3 is 0 Å². The SMILES string of the molecule is O=C(Nc1cccc(Cl)c1)c1cccc(N2C(=O)[C@@H]3[C@H]4C=C[C@@H]([C@@H]5C[C@@H]45)[C@@H]3C2=O)c1. The van der Waals surface area contributed by atoms with E-state index in [0.29, 0.717) is 33.8 Å². The Morgan fingerprint density at radius 1 is 0.933 bits per heavy atom. The molecule has 2 aromatic carbocycles. The lowest BCUT2D eigenvalue weighted by Gasteiger charge is -2.37. The number of nitrogens with one attached hydrogen (secondary N) is 1. The highest BCUT2D eigenvalue weighted by molar-refractivity contribution is 6.31. The first-order chi connectivity index (χ1) is 14.5. The van der Waals surface area contributed by atoms with Crippen molar-refractivity contribution in [1.29, 1.82) is 0 Å². The lowest BCUT2D eigenvalue weighted by atomic mass is 9.63. The van der Waals surface area contributed by atoms with Crippen LogP contribution in [-0.2, 0) is 9.59 Å². The highest BCUT2D eigenvalue weighted by Gasteiger charge is 2.67. The molecule has 1 aliphatic heterocycles. The standard InChI is InChI=1S/C24H19ClN2O3/c25-13-4-2-5-14(10-13)26-22(28)12-3-1-6-15(9-12)27-23(29)20-16-7-8-17(19-11-18(16)19)21(20)24(27)30/h1-10,16-21H,11H2,(H,26,28)/t16-,17-,18-,19-,20-,21+/m0/s1. The Morgan fingerprint density at radius 3 is 2.27 bits per heavy atom. The number of anilines is 2. The van der Waals surface area contributed by atoms with Gasteiger partial charge in [0.05, 0.1) is 17.5 Å². The predicted molar refractivity (Wildman–Crippen MR) is 113 cm³/mol. The van der Waals surface area contributed by atoms with Crippen LogP contribution in [0.3, 0.4) is 0 Å². The predicted octanol–water partition coefficient (Wildman–Crippen LogP) is 4.15. The van der Waals surface area contributed by atoms with Gasteiger partial charge in [-0.3, -0.25) is 14.4 Å². The van der Waals surface area contributed by atoms with Crippen LogP contribution < -0.4 is 10.2 Å². The van der Waals surface area contributed by atoms with Crippen molar-refractivity contribution in [1.82, 2.24) is 0 Å². The summed E-state index contributed by atoms with van der Waals surface area (Å²) >= 11 is 5.98. The zero-order chi connectivity index (χ0) is 20.6. The number of halogens is 1. The molecule has 0 aromatic heterocycles. The van der Waals surface area contributed by atoms with Gasteiger partial charge in [0.25, 0.3) is 5.91 Å². The van der Waals surface area contributed by atoms with Crippen molar-refractivity contribution in [2.24, 2.45) is 35.5 Å². The van der Waals surface area contributed by atoms with Crippen LogP contribution >= 0.6 is 11.6 Å². The molecule has 1 N–H and O–H groups in total. The molecule has 1 heterocycles. The van der Waals surface area contributed by atoms with E-state index in [0.717, 1.165) is 6.42 Å². The molecule has 2 saturated carbocycles. The fourth-order valence-corrected chi connectivity index (χ4v) is 5.96. The zero-order valence-electron chi connectivity index (χ0n) is 16.0. The fourth-order valence-electron chi connectivity index (χ4n) is 5.77. The number of carbonyl (C=O) groups is 3. The molecule has 7 rings (SSSR count).